The lowest BCUT2D eigenvalue weighted by molar-refractivity contribution is 0.416. The van der Waals surface area contributed by atoms with E-state index in [0.29, 0.717) is 22.5 Å². The highest BCUT2D eigenvalue weighted by Gasteiger charge is 2.08. The van der Waals surface area contributed by atoms with E-state index in [-0.39, 0.29) is 0 Å². The van der Waals surface area contributed by atoms with E-state index in [1.165, 1.54) is 0 Å². The molecule has 0 radical (unpaired) electrons. The Bertz CT molecular complexity index is 318. The van der Waals surface area contributed by atoms with Crippen molar-refractivity contribution in [3.63, 3.8) is 0 Å². The van der Waals surface area contributed by atoms with Gasteiger partial charge in [-0.1, -0.05) is 23.2 Å². The van der Waals surface area contributed by atoms with Crippen LogP contribution in [0.25, 0.3) is 0 Å². The van der Waals surface area contributed by atoms with Crippen molar-refractivity contribution in [2.24, 2.45) is 0 Å². The van der Waals surface area contributed by atoms with Gasteiger partial charge in [0.1, 0.15) is 0 Å². The van der Waals surface area contributed by atoms with E-state index in [2.05, 4.69) is 10.6 Å². The fourth-order valence-corrected chi connectivity index (χ4v) is 1.65. The van der Waals surface area contributed by atoms with Crippen molar-refractivity contribution < 1.29 is 4.74 Å². The monoisotopic (exact) mass is 234 g/mol. The summed E-state index contributed by atoms with van der Waals surface area (Å²) in [4.78, 5) is 0. The molecule has 0 aliphatic carbocycles. The lowest BCUT2D eigenvalue weighted by Crippen LogP contribution is -2.17. The molecule has 2 N–H and O–H groups in total. The Morgan fingerprint density at radius 3 is 2.64 bits per heavy atom. The molecule has 78 valence electrons. The van der Waals surface area contributed by atoms with Crippen LogP contribution in [0.2, 0.25) is 10.0 Å². The fraction of sp³-hybridized carbons (Fsp3) is 0.333. The Morgan fingerprint density at radius 2 is 2.07 bits per heavy atom. The first kappa shape index (κ1) is 11.4. The molecule has 0 aliphatic rings. The number of benzene rings is 1. The van der Waals surface area contributed by atoms with E-state index < -0.39 is 0 Å². The molecular formula is C9H12Cl2N2O. The number of rotatable bonds is 4. The molecule has 0 saturated carbocycles. The van der Waals surface area contributed by atoms with Crippen LogP contribution in [0.4, 0.5) is 5.69 Å². The third-order valence-corrected chi connectivity index (χ3v) is 2.17. The molecule has 0 aromatic heterocycles. The Balaban J connectivity index is 2.99. The van der Waals surface area contributed by atoms with Gasteiger partial charge in [-0.15, -0.1) is 0 Å². The van der Waals surface area contributed by atoms with Gasteiger partial charge in [0, 0.05) is 5.02 Å². The van der Waals surface area contributed by atoms with Crippen molar-refractivity contribution in [3.05, 3.63) is 22.2 Å². The van der Waals surface area contributed by atoms with E-state index in [9.17, 15) is 0 Å². The second-order valence-electron chi connectivity index (χ2n) is 2.68. The zero-order valence-corrected chi connectivity index (χ0v) is 9.54. The molecular weight excluding hydrogens is 223 g/mol. The van der Waals surface area contributed by atoms with Crippen LogP contribution in [0.3, 0.4) is 0 Å². The van der Waals surface area contributed by atoms with Gasteiger partial charge in [0.25, 0.3) is 0 Å². The summed E-state index contributed by atoms with van der Waals surface area (Å²) < 4.78 is 5.15. The first-order chi connectivity index (χ1) is 6.69. The number of nitrogens with one attached hydrogen (secondary N) is 2. The third kappa shape index (κ3) is 2.67. The second-order valence-corrected chi connectivity index (χ2v) is 3.52. The fourth-order valence-electron chi connectivity index (χ4n) is 1.08. The molecule has 1 aromatic carbocycles. The summed E-state index contributed by atoms with van der Waals surface area (Å²) in [6, 6.07) is 3.41. The van der Waals surface area contributed by atoms with Crippen molar-refractivity contribution in [1.29, 1.82) is 0 Å². The molecule has 0 saturated heterocycles. The Hall–Kier alpha value is -0.640. The van der Waals surface area contributed by atoms with E-state index in [0.717, 1.165) is 5.69 Å². The SMILES string of the molecule is CNCNc1cc(Cl)cc(Cl)c1OC. The van der Waals surface area contributed by atoms with Crippen molar-refractivity contribution in [1.82, 2.24) is 5.32 Å². The maximum atomic E-state index is 5.94. The van der Waals surface area contributed by atoms with Gasteiger partial charge in [0.15, 0.2) is 5.75 Å². The van der Waals surface area contributed by atoms with Crippen LogP contribution in [0.5, 0.6) is 5.75 Å². The zero-order valence-electron chi connectivity index (χ0n) is 8.03. The summed E-state index contributed by atoms with van der Waals surface area (Å²) in [5.74, 6) is 0.603. The first-order valence-electron chi connectivity index (χ1n) is 4.10. The molecule has 5 heteroatoms. The molecule has 0 aliphatic heterocycles. The molecule has 0 spiro atoms. The lowest BCUT2D eigenvalue weighted by Gasteiger charge is -2.12. The summed E-state index contributed by atoms with van der Waals surface area (Å²) in [7, 11) is 3.41. The molecule has 1 rings (SSSR count). The van der Waals surface area contributed by atoms with Crippen molar-refractivity contribution in [2.75, 3.05) is 26.1 Å². The molecule has 14 heavy (non-hydrogen) atoms. The van der Waals surface area contributed by atoms with Crippen molar-refractivity contribution >= 4 is 28.9 Å². The van der Waals surface area contributed by atoms with E-state index >= 15 is 0 Å². The van der Waals surface area contributed by atoms with Gasteiger partial charge >= 0.3 is 0 Å². The van der Waals surface area contributed by atoms with E-state index in [1.807, 2.05) is 7.05 Å². The molecule has 0 bridgehead atoms. The highest BCUT2D eigenvalue weighted by molar-refractivity contribution is 6.36. The average Bonchev–Trinajstić information content (AvgIpc) is 2.14. The minimum absolute atomic E-state index is 0.499. The summed E-state index contributed by atoms with van der Waals surface area (Å²) in [5.41, 5.74) is 0.777. The van der Waals surface area contributed by atoms with Crippen LogP contribution in [0.1, 0.15) is 0 Å². The predicted molar refractivity (Wildman–Crippen MR) is 60.6 cm³/mol. The molecule has 0 atom stereocenters. The second kappa shape index (κ2) is 5.29. The summed E-state index contributed by atoms with van der Waals surface area (Å²) in [5, 5.41) is 7.12. The van der Waals surface area contributed by atoms with Crippen LogP contribution in [0.15, 0.2) is 12.1 Å². The predicted octanol–water partition coefficient (Wildman–Crippen LogP) is 2.59. The van der Waals surface area contributed by atoms with Crippen LogP contribution in [-0.2, 0) is 0 Å². The normalized spacial score (nSPS) is 10.0. The van der Waals surface area contributed by atoms with Crippen molar-refractivity contribution in [3.8, 4) is 5.75 Å². The quantitative estimate of drug-likeness (QED) is 0.787. The smallest absolute Gasteiger partial charge is 0.160 e. The van der Waals surface area contributed by atoms with Gasteiger partial charge in [-0.05, 0) is 19.2 Å². The van der Waals surface area contributed by atoms with Crippen LogP contribution in [0, 0.1) is 0 Å². The Kier molecular flexibility index (Phi) is 4.32. The Morgan fingerprint density at radius 1 is 1.36 bits per heavy atom. The molecule has 0 heterocycles. The maximum Gasteiger partial charge on any atom is 0.160 e. The number of methoxy groups -OCH3 is 1. The number of ether oxygens (including phenoxy) is 1. The Labute approximate surface area is 93.3 Å². The minimum atomic E-state index is 0.499. The average molecular weight is 235 g/mol. The lowest BCUT2D eigenvalue weighted by atomic mass is 10.3. The highest BCUT2D eigenvalue weighted by Crippen LogP contribution is 2.35. The standard InChI is InChI=1S/C9H12Cl2N2O/c1-12-5-13-8-4-6(10)3-7(11)9(8)14-2/h3-4,12-13H,5H2,1-2H3. The van der Waals surface area contributed by atoms with E-state index in [1.54, 1.807) is 19.2 Å². The molecule has 3 nitrogen and oxygen atoms in total. The summed E-state index contributed by atoms with van der Waals surface area (Å²) >= 11 is 11.8. The van der Waals surface area contributed by atoms with Crippen LogP contribution >= 0.6 is 23.2 Å². The van der Waals surface area contributed by atoms with E-state index in [4.69, 9.17) is 27.9 Å². The third-order valence-electron chi connectivity index (χ3n) is 1.67. The largest absolute Gasteiger partial charge is 0.493 e. The summed E-state index contributed by atoms with van der Waals surface area (Å²) in [6.07, 6.45) is 0. The first-order valence-corrected chi connectivity index (χ1v) is 4.86. The minimum Gasteiger partial charge on any atom is -0.493 e. The van der Waals surface area contributed by atoms with Gasteiger partial charge in [0.2, 0.25) is 0 Å². The molecule has 0 unspecified atom stereocenters. The van der Waals surface area contributed by atoms with Gasteiger partial charge in [-0.2, -0.15) is 0 Å². The number of hydrogen-bond donors (Lipinski definition) is 2. The topological polar surface area (TPSA) is 33.3 Å². The van der Waals surface area contributed by atoms with Crippen LogP contribution in [-0.4, -0.2) is 20.8 Å². The van der Waals surface area contributed by atoms with Crippen molar-refractivity contribution in [2.45, 2.75) is 0 Å². The highest BCUT2D eigenvalue weighted by atomic mass is 35.5. The summed E-state index contributed by atoms with van der Waals surface area (Å²) in [6.45, 7) is 0.618. The molecule has 1 aromatic rings. The maximum absolute atomic E-state index is 5.94. The van der Waals surface area contributed by atoms with Crippen LogP contribution < -0.4 is 15.4 Å². The van der Waals surface area contributed by atoms with Gasteiger partial charge < -0.3 is 15.4 Å². The number of hydrogen-bond acceptors (Lipinski definition) is 3. The zero-order chi connectivity index (χ0) is 10.6. The molecule has 0 amide bonds. The number of halogens is 2. The van der Waals surface area contributed by atoms with Gasteiger partial charge in [-0.3, -0.25) is 0 Å². The number of anilines is 1. The molecule has 0 fully saturated rings. The van der Waals surface area contributed by atoms with Gasteiger partial charge in [-0.25, -0.2) is 0 Å². The van der Waals surface area contributed by atoms with Gasteiger partial charge in [0.05, 0.1) is 24.5 Å².